The molecule has 0 spiro atoms. The molecule has 1 aromatic rings. The Morgan fingerprint density at radius 3 is 2.76 bits per heavy atom. The molecule has 3 heteroatoms. The van der Waals surface area contributed by atoms with E-state index in [2.05, 4.69) is 0 Å². The van der Waals surface area contributed by atoms with Crippen LogP contribution in [0.1, 0.15) is 12.0 Å². The largest absolute Gasteiger partial charge is 0.508 e. The van der Waals surface area contributed by atoms with Crippen LogP contribution in [0, 0.1) is 5.92 Å². The number of rotatable bonds is 3. The molecule has 0 amide bonds. The fraction of sp³-hybridized carbons (Fsp3) is 0.286. The number of phenols is 1. The molecule has 0 aromatic heterocycles. The average molecular weight is 232 g/mol. The van der Waals surface area contributed by atoms with E-state index in [1.165, 1.54) is 0 Å². The maximum absolute atomic E-state index is 9.70. The lowest BCUT2D eigenvalue weighted by molar-refractivity contribution is 0.233. The van der Waals surface area contributed by atoms with Gasteiger partial charge in [0, 0.05) is 6.42 Å². The van der Waals surface area contributed by atoms with E-state index in [4.69, 9.17) is 4.74 Å². The van der Waals surface area contributed by atoms with Gasteiger partial charge in [-0.15, -0.1) is 0 Å². The molecule has 2 N–H and O–H groups in total. The number of methoxy groups -OCH3 is 1. The summed E-state index contributed by atoms with van der Waals surface area (Å²) in [6.07, 6.45) is 5.01. The van der Waals surface area contributed by atoms with Crippen LogP contribution in [0.5, 0.6) is 5.75 Å². The predicted molar refractivity (Wildman–Crippen MR) is 65.7 cm³/mol. The molecule has 17 heavy (non-hydrogen) atoms. The maximum Gasteiger partial charge on any atom is 0.152 e. The maximum atomic E-state index is 9.70. The SMILES string of the molecule is COC1=C(O)C=CC(Cc2ccccc2O)C1. The summed E-state index contributed by atoms with van der Waals surface area (Å²) < 4.78 is 5.12. The topological polar surface area (TPSA) is 49.7 Å². The third-order valence-electron chi connectivity index (χ3n) is 2.98. The van der Waals surface area contributed by atoms with Crippen molar-refractivity contribution in [2.24, 2.45) is 5.92 Å². The number of phenolic OH excluding ortho intramolecular Hbond substituents is 1. The molecule has 0 saturated heterocycles. The highest BCUT2D eigenvalue weighted by atomic mass is 16.5. The van der Waals surface area contributed by atoms with Gasteiger partial charge in [0.1, 0.15) is 11.5 Å². The van der Waals surface area contributed by atoms with Crippen molar-refractivity contribution in [2.75, 3.05) is 7.11 Å². The number of para-hydroxylation sites is 1. The Balaban J connectivity index is 2.08. The quantitative estimate of drug-likeness (QED) is 0.842. The van der Waals surface area contributed by atoms with Crippen molar-refractivity contribution in [3.63, 3.8) is 0 Å². The summed E-state index contributed by atoms with van der Waals surface area (Å²) >= 11 is 0. The van der Waals surface area contributed by atoms with Crippen molar-refractivity contribution in [2.45, 2.75) is 12.8 Å². The Morgan fingerprint density at radius 2 is 2.06 bits per heavy atom. The van der Waals surface area contributed by atoms with Gasteiger partial charge in [-0.3, -0.25) is 0 Å². The van der Waals surface area contributed by atoms with Crippen LogP contribution in [0.25, 0.3) is 0 Å². The van der Waals surface area contributed by atoms with Crippen LogP contribution in [0.15, 0.2) is 47.9 Å². The third-order valence-corrected chi connectivity index (χ3v) is 2.98. The van der Waals surface area contributed by atoms with E-state index in [0.29, 0.717) is 17.9 Å². The number of aliphatic hydroxyl groups excluding tert-OH is 1. The first-order valence-electron chi connectivity index (χ1n) is 5.62. The Hall–Kier alpha value is -1.90. The van der Waals surface area contributed by atoms with Crippen LogP contribution in [0.4, 0.5) is 0 Å². The van der Waals surface area contributed by atoms with Crippen molar-refractivity contribution in [1.82, 2.24) is 0 Å². The summed E-state index contributed by atoms with van der Waals surface area (Å²) in [4.78, 5) is 0. The van der Waals surface area contributed by atoms with Crippen molar-refractivity contribution in [3.05, 3.63) is 53.5 Å². The minimum Gasteiger partial charge on any atom is -0.508 e. The van der Waals surface area contributed by atoms with Crippen molar-refractivity contribution >= 4 is 0 Å². The van der Waals surface area contributed by atoms with E-state index in [-0.39, 0.29) is 11.7 Å². The molecule has 0 heterocycles. The fourth-order valence-electron chi connectivity index (χ4n) is 2.02. The first-order chi connectivity index (χ1) is 8.20. The molecule has 0 bridgehead atoms. The van der Waals surface area contributed by atoms with Crippen LogP contribution in [-0.2, 0) is 11.2 Å². The number of aliphatic hydroxyl groups is 1. The second kappa shape index (κ2) is 4.95. The lowest BCUT2D eigenvalue weighted by atomic mass is 9.91. The molecule has 1 atom stereocenters. The summed E-state index contributed by atoms with van der Waals surface area (Å²) in [7, 11) is 1.56. The third kappa shape index (κ3) is 2.61. The molecule has 3 nitrogen and oxygen atoms in total. The van der Waals surface area contributed by atoms with Gasteiger partial charge in [0.25, 0.3) is 0 Å². The summed E-state index contributed by atoms with van der Waals surface area (Å²) in [5, 5.41) is 19.2. The van der Waals surface area contributed by atoms with E-state index < -0.39 is 0 Å². The van der Waals surface area contributed by atoms with Gasteiger partial charge in [0.2, 0.25) is 0 Å². The molecule has 1 aromatic carbocycles. The Bertz CT molecular complexity index is 460. The minimum absolute atomic E-state index is 0.195. The van der Waals surface area contributed by atoms with Gasteiger partial charge in [0.05, 0.1) is 7.11 Å². The monoisotopic (exact) mass is 232 g/mol. The van der Waals surface area contributed by atoms with Crippen LogP contribution < -0.4 is 0 Å². The van der Waals surface area contributed by atoms with Gasteiger partial charge in [0.15, 0.2) is 5.76 Å². The lowest BCUT2D eigenvalue weighted by Crippen LogP contribution is -2.09. The lowest BCUT2D eigenvalue weighted by Gasteiger charge is -2.19. The number of benzene rings is 1. The number of hydrogen-bond donors (Lipinski definition) is 2. The highest BCUT2D eigenvalue weighted by Crippen LogP contribution is 2.28. The Morgan fingerprint density at radius 1 is 1.29 bits per heavy atom. The second-order valence-electron chi connectivity index (χ2n) is 4.17. The molecule has 90 valence electrons. The molecule has 0 fully saturated rings. The molecule has 1 aliphatic rings. The van der Waals surface area contributed by atoms with Crippen LogP contribution in [-0.4, -0.2) is 17.3 Å². The normalized spacial score (nSPS) is 19.5. The Labute approximate surface area is 101 Å². The molecular weight excluding hydrogens is 216 g/mol. The number of ether oxygens (including phenoxy) is 1. The molecule has 1 aliphatic carbocycles. The highest BCUT2D eigenvalue weighted by molar-refractivity contribution is 5.33. The van der Waals surface area contributed by atoms with Gasteiger partial charge >= 0.3 is 0 Å². The molecular formula is C14H16O3. The zero-order chi connectivity index (χ0) is 12.3. The number of allylic oxidation sites excluding steroid dienone is 3. The zero-order valence-corrected chi connectivity index (χ0v) is 9.76. The van der Waals surface area contributed by atoms with E-state index in [0.717, 1.165) is 12.0 Å². The molecule has 1 unspecified atom stereocenters. The summed E-state index contributed by atoms with van der Waals surface area (Å²) in [6, 6.07) is 7.31. The molecule has 0 saturated carbocycles. The predicted octanol–water partition coefficient (Wildman–Crippen LogP) is 2.93. The van der Waals surface area contributed by atoms with E-state index in [1.54, 1.807) is 19.3 Å². The fourth-order valence-corrected chi connectivity index (χ4v) is 2.02. The van der Waals surface area contributed by atoms with Crippen LogP contribution in [0.3, 0.4) is 0 Å². The Kier molecular flexibility index (Phi) is 3.38. The van der Waals surface area contributed by atoms with Gasteiger partial charge in [-0.1, -0.05) is 24.3 Å². The average Bonchev–Trinajstić information content (AvgIpc) is 2.34. The minimum atomic E-state index is 0.195. The standard InChI is InChI=1S/C14H16O3/c1-17-14-9-10(6-7-13(14)16)8-11-4-2-3-5-12(11)15/h2-7,10,15-16H,8-9H2,1H3. The highest BCUT2D eigenvalue weighted by Gasteiger charge is 2.18. The van der Waals surface area contributed by atoms with Gasteiger partial charge in [-0.05, 0) is 30.0 Å². The van der Waals surface area contributed by atoms with Gasteiger partial charge in [-0.25, -0.2) is 0 Å². The summed E-state index contributed by atoms with van der Waals surface area (Å²) in [5.41, 5.74) is 0.916. The zero-order valence-electron chi connectivity index (χ0n) is 9.76. The molecule has 0 aliphatic heterocycles. The second-order valence-corrected chi connectivity index (χ2v) is 4.17. The van der Waals surface area contributed by atoms with Crippen molar-refractivity contribution < 1.29 is 14.9 Å². The molecule has 0 radical (unpaired) electrons. The van der Waals surface area contributed by atoms with E-state index in [1.807, 2.05) is 24.3 Å². The number of aromatic hydroxyl groups is 1. The van der Waals surface area contributed by atoms with Crippen molar-refractivity contribution in [3.8, 4) is 5.75 Å². The van der Waals surface area contributed by atoms with Crippen LogP contribution >= 0.6 is 0 Å². The first kappa shape index (κ1) is 11.6. The van der Waals surface area contributed by atoms with Gasteiger partial charge in [-0.2, -0.15) is 0 Å². The number of hydrogen-bond acceptors (Lipinski definition) is 3. The van der Waals surface area contributed by atoms with Crippen LogP contribution in [0.2, 0.25) is 0 Å². The first-order valence-corrected chi connectivity index (χ1v) is 5.62. The van der Waals surface area contributed by atoms with Gasteiger partial charge < -0.3 is 14.9 Å². The summed E-state index contributed by atoms with van der Waals surface area (Å²) in [6.45, 7) is 0. The summed E-state index contributed by atoms with van der Waals surface area (Å²) in [5.74, 6) is 1.36. The smallest absolute Gasteiger partial charge is 0.152 e. The molecule has 2 rings (SSSR count). The van der Waals surface area contributed by atoms with E-state index >= 15 is 0 Å². The van der Waals surface area contributed by atoms with E-state index in [9.17, 15) is 10.2 Å². The van der Waals surface area contributed by atoms with Crippen molar-refractivity contribution in [1.29, 1.82) is 0 Å².